The molecule has 1 aliphatic heterocycles. The Morgan fingerprint density at radius 1 is 1.60 bits per heavy atom. The Kier molecular flexibility index (Phi) is 2.11. The molecule has 3 nitrogen and oxygen atoms in total. The molecule has 4 heteroatoms. The maximum absolute atomic E-state index is 10.6. The van der Waals surface area contributed by atoms with Crippen LogP contribution in [-0.4, -0.2) is 14.5 Å². The molecule has 0 spiro atoms. The lowest BCUT2D eigenvalue weighted by atomic mass is 10.2. The van der Waals surface area contributed by atoms with Gasteiger partial charge in [-0.15, -0.1) is 0 Å². The molecule has 10 heavy (non-hydrogen) atoms. The fourth-order valence-corrected chi connectivity index (χ4v) is 1.79. The first-order valence-corrected chi connectivity index (χ1v) is 4.72. The molecule has 1 heterocycles. The van der Waals surface area contributed by atoms with Gasteiger partial charge in [0.1, 0.15) is 0 Å². The summed E-state index contributed by atoms with van der Waals surface area (Å²) >= 11 is 0. The molecule has 0 amide bonds. The summed E-state index contributed by atoms with van der Waals surface area (Å²) in [5.41, 5.74) is 0. The van der Waals surface area contributed by atoms with Crippen molar-refractivity contribution in [3.63, 3.8) is 0 Å². The van der Waals surface area contributed by atoms with Crippen LogP contribution < -0.4 is 0 Å². The van der Waals surface area contributed by atoms with Crippen molar-refractivity contribution in [2.75, 3.05) is 0 Å². The second-order valence-corrected chi connectivity index (χ2v) is 3.69. The Bertz CT molecular complexity index is 227. The highest BCUT2D eigenvalue weighted by molar-refractivity contribution is 7.89. The van der Waals surface area contributed by atoms with Crippen molar-refractivity contribution >= 4 is 10.1 Å². The number of hydrogen-bond donors (Lipinski definition) is 0. The predicted molar refractivity (Wildman–Crippen MR) is 37.8 cm³/mol. The Morgan fingerprint density at radius 3 is 2.70 bits per heavy atom. The van der Waals surface area contributed by atoms with E-state index in [1.54, 1.807) is 6.08 Å². The summed E-state index contributed by atoms with van der Waals surface area (Å²) in [7, 11) is -3.30. The average Bonchev–Trinajstić information content (AvgIpc) is 2.12. The maximum Gasteiger partial charge on any atom is 0.290 e. The Hall–Kier alpha value is -0.350. The molecular formula is C6H10O3S. The van der Waals surface area contributed by atoms with Crippen LogP contribution in [0.25, 0.3) is 0 Å². The minimum atomic E-state index is -3.30. The van der Waals surface area contributed by atoms with Crippen molar-refractivity contribution in [1.29, 1.82) is 0 Å². The summed E-state index contributed by atoms with van der Waals surface area (Å²) in [4.78, 5) is 0. The Labute approximate surface area is 60.8 Å². The fourth-order valence-electron chi connectivity index (χ4n) is 0.849. The molecule has 58 valence electrons. The molecule has 0 aliphatic carbocycles. The van der Waals surface area contributed by atoms with Gasteiger partial charge in [0.05, 0.1) is 11.5 Å². The van der Waals surface area contributed by atoms with Crippen LogP contribution in [0.2, 0.25) is 0 Å². The molecule has 0 saturated heterocycles. The van der Waals surface area contributed by atoms with Gasteiger partial charge >= 0.3 is 0 Å². The van der Waals surface area contributed by atoms with Crippen molar-refractivity contribution in [1.82, 2.24) is 0 Å². The summed E-state index contributed by atoms with van der Waals surface area (Å²) in [6.07, 6.45) is 3.08. The molecule has 1 aliphatic rings. The lowest BCUT2D eigenvalue weighted by Crippen LogP contribution is -2.06. The van der Waals surface area contributed by atoms with Gasteiger partial charge in [-0.1, -0.05) is 13.3 Å². The quantitative estimate of drug-likeness (QED) is 0.569. The molecule has 1 atom stereocenters. The van der Waals surface area contributed by atoms with Crippen LogP contribution in [0.4, 0.5) is 0 Å². The second kappa shape index (κ2) is 2.72. The van der Waals surface area contributed by atoms with E-state index in [1.165, 1.54) is 0 Å². The maximum atomic E-state index is 10.6. The van der Waals surface area contributed by atoms with Crippen LogP contribution >= 0.6 is 0 Å². The average molecular weight is 162 g/mol. The zero-order valence-electron chi connectivity index (χ0n) is 5.78. The van der Waals surface area contributed by atoms with Crippen molar-refractivity contribution in [2.24, 2.45) is 0 Å². The third kappa shape index (κ3) is 1.82. The highest BCUT2D eigenvalue weighted by Gasteiger charge is 2.20. The first kappa shape index (κ1) is 7.75. The van der Waals surface area contributed by atoms with Gasteiger partial charge in [-0.2, -0.15) is 8.42 Å². The molecule has 0 aromatic heterocycles. The van der Waals surface area contributed by atoms with Gasteiger partial charge in [-0.05, 0) is 12.5 Å². The fraction of sp³-hybridized carbons (Fsp3) is 0.667. The monoisotopic (exact) mass is 162 g/mol. The molecule has 1 rings (SSSR count). The molecule has 0 fully saturated rings. The zero-order chi connectivity index (χ0) is 7.61. The molecule has 0 aromatic rings. The van der Waals surface area contributed by atoms with Gasteiger partial charge in [0, 0.05) is 0 Å². The SMILES string of the molecule is CCCC1C=CS(=O)(=O)O1. The lowest BCUT2D eigenvalue weighted by Gasteiger charge is -2.02. The molecule has 0 saturated carbocycles. The van der Waals surface area contributed by atoms with Crippen LogP contribution in [0.3, 0.4) is 0 Å². The summed E-state index contributed by atoms with van der Waals surface area (Å²) < 4.78 is 25.9. The highest BCUT2D eigenvalue weighted by Crippen LogP contribution is 2.16. The van der Waals surface area contributed by atoms with Crippen molar-refractivity contribution in [2.45, 2.75) is 25.9 Å². The second-order valence-electron chi connectivity index (χ2n) is 2.24. The van der Waals surface area contributed by atoms with E-state index in [-0.39, 0.29) is 6.10 Å². The Balaban J connectivity index is 2.54. The van der Waals surface area contributed by atoms with Gasteiger partial charge in [-0.3, -0.25) is 4.18 Å². The van der Waals surface area contributed by atoms with E-state index in [1.807, 2.05) is 6.92 Å². The van der Waals surface area contributed by atoms with E-state index < -0.39 is 10.1 Å². The molecular weight excluding hydrogens is 152 g/mol. The van der Waals surface area contributed by atoms with E-state index in [0.717, 1.165) is 18.2 Å². The summed E-state index contributed by atoms with van der Waals surface area (Å²) in [5.74, 6) is 0. The van der Waals surface area contributed by atoms with Crippen LogP contribution in [0.5, 0.6) is 0 Å². The van der Waals surface area contributed by atoms with E-state index in [0.29, 0.717) is 0 Å². The van der Waals surface area contributed by atoms with Gasteiger partial charge in [0.25, 0.3) is 10.1 Å². The molecule has 0 radical (unpaired) electrons. The normalized spacial score (nSPS) is 29.1. The van der Waals surface area contributed by atoms with Crippen LogP contribution in [0.1, 0.15) is 19.8 Å². The molecule has 1 unspecified atom stereocenters. The highest BCUT2D eigenvalue weighted by atomic mass is 32.2. The van der Waals surface area contributed by atoms with Crippen molar-refractivity contribution in [3.8, 4) is 0 Å². The van der Waals surface area contributed by atoms with Gasteiger partial charge < -0.3 is 0 Å². The lowest BCUT2D eigenvalue weighted by molar-refractivity contribution is 0.258. The summed E-state index contributed by atoms with van der Waals surface area (Å²) in [5, 5.41) is 1.12. The number of rotatable bonds is 2. The Morgan fingerprint density at radius 2 is 2.30 bits per heavy atom. The first-order valence-electron chi connectivity index (χ1n) is 3.25. The minimum Gasteiger partial charge on any atom is -0.259 e. The van der Waals surface area contributed by atoms with Crippen LogP contribution in [0, 0.1) is 0 Å². The van der Waals surface area contributed by atoms with Gasteiger partial charge in [0.15, 0.2) is 0 Å². The van der Waals surface area contributed by atoms with E-state index in [9.17, 15) is 8.42 Å². The summed E-state index contributed by atoms with van der Waals surface area (Å²) in [6, 6.07) is 0. The van der Waals surface area contributed by atoms with Gasteiger partial charge in [0.2, 0.25) is 0 Å². The number of hydrogen-bond acceptors (Lipinski definition) is 3. The smallest absolute Gasteiger partial charge is 0.259 e. The third-order valence-corrected chi connectivity index (χ3v) is 2.30. The predicted octanol–water partition coefficient (Wildman–Crippen LogP) is 1.03. The van der Waals surface area contributed by atoms with E-state index >= 15 is 0 Å². The molecule has 0 N–H and O–H groups in total. The molecule has 0 aromatic carbocycles. The third-order valence-electron chi connectivity index (χ3n) is 1.29. The zero-order valence-corrected chi connectivity index (χ0v) is 6.60. The first-order chi connectivity index (χ1) is 4.64. The summed E-state index contributed by atoms with van der Waals surface area (Å²) in [6.45, 7) is 1.99. The van der Waals surface area contributed by atoms with Crippen molar-refractivity contribution < 1.29 is 12.6 Å². The minimum absolute atomic E-state index is 0.213. The van der Waals surface area contributed by atoms with Gasteiger partial charge in [-0.25, -0.2) is 0 Å². The molecule has 0 bridgehead atoms. The van der Waals surface area contributed by atoms with Crippen molar-refractivity contribution in [3.05, 3.63) is 11.5 Å². The largest absolute Gasteiger partial charge is 0.290 e. The topological polar surface area (TPSA) is 43.4 Å². The van der Waals surface area contributed by atoms with Crippen LogP contribution in [-0.2, 0) is 14.3 Å². The van der Waals surface area contributed by atoms with E-state index in [4.69, 9.17) is 0 Å². The standard InChI is InChI=1S/C6H10O3S/c1-2-3-6-4-5-10(7,8)9-6/h4-6H,2-3H2,1H3. The van der Waals surface area contributed by atoms with E-state index in [2.05, 4.69) is 4.18 Å². The van der Waals surface area contributed by atoms with Crippen LogP contribution in [0.15, 0.2) is 11.5 Å².